The Bertz CT molecular complexity index is 2320. The SMILES string of the molecule is CC/C=C\C/C=C\C/C=C\CCCCCCCCCC(=O)OCC(COP(=O)(O)OCC(O)COP(=O)(O)OCC(COC(=O)CCCCCCCC/C=C\C/C=C\C/C=C\CCCCC)OC(=O)CCCCCCC/C=C\CCCC)OC(=O)CCCCCCC/C=C\C/C=C\CCC. The Labute approximate surface area is 607 Å². The molecule has 0 aromatic rings. The Hall–Kier alpha value is -4.28. The topological polar surface area (TPSA) is 237 Å². The first-order chi connectivity index (χ1) is 48.7. The van der Waals surface area contributed by atoms with E-state index in [-0.39, 0.29) is 25.7 Å². The summed E-state index contributed by atoms with van der Waals surface area (Å²) in [4.78, 5) is 72.9. The van der Waals surface area contributed by atoms with Crippen LogP contribution in [0.4, 0.5) is 0 Å². The van der Waals surface area contributed by atoms with Crippen molar-refractivity contribution in [1.29, 1.82) is 0 Å². The van der Waals surface area contributed by atoms with E-state index in [0.29, 0.717) is 25.7 Å². The van der Waals surface area contributed by atoms with Crippen molar-refractivity contribution in [3.8, 4) is 0 Å². The minimum absolute atomic E-state index is 0.0753. The number of aliphatic hydroxyl groups excluding tert-OH is 1. The van der Waals surface area contributed by atoms with Crippen LogP contribution in [0, 0.1) is 0 Å². The van der Waals surface area contributed by atoms with Gasteiger partial charge in [-0.1, -0.05) is 265 Å². The third-order valence-corrected chi connectivity index (χ3v) is 18.1. The zero-order valence-corrected chi connectivity index (χ0v) is 64.6. The minimum Gasteiger partial charge on any atom is -0.462 e. The number of esters is 4. The molecule has 100 heavy (non-hydrogen) atoms. The fourth-order valence-corrected chi connectivity index (χ4v) is 11.8. The van der Waals surface area contributed by atoms with E-state index in [1.54, 1.807) is 0 Å². The molecule has 0 aromatic carbocycles. The number of phosphoric ester groups is 2. The van der Waals surface area contributed by atoms with Crippen molar-refractivity contribution in [2.24, 2.45) is 0 Å². The Balaban J connectivity index is 5.31. The number of phosphoric acid groups is 2. The summed E-state index contributed by atoms with van der Waals surface area (Å²) in [6, 6.07) is 0. The standard InChI is InChI=1S/C81H140O17P2/c1-5-9-13-17-21-25-29-32-34-36-37-39-41-44-47-50-54-58-62-66-78(83)91-71-76(97-80(85)67-63-59-55-51-45-28-24-20-16-12-8-4)73-95-99(87,88)93-69-75(82)70-94-100(89,90)96-74-77(98-81(86)68-64-60-56-52-48-42-31-27-23-19-15-11-7-3)72-92-79(84)65-61-57-53-49-46-43-40-38-35-33-30-26-22-18-14-10-6-2/h10,14-15,19-22,24-27,31-35,37,39,75-77,82H,5-9,11-13,16-18,23,28-30,36,38,40-74H2,1-4H3,(H,87,88)(H,89,90)/b14-10-,19-15-,24-20-,25-21-,26-22-,31-27-,34-32-,35-33-,39-37-. The highest BCUT2D eigenvalue weighted by atomic mass is 31.2. The van der Waals surface area contributed by atoms with Crippen LogP contribution in [0.3, 0.4) is 0 Å². The molecule has 0 saturated heterocycles. The average Bonchev–Trinajstić information content (AvgIpc) is 0.939. The number of aliphatic hydroxyl groups is 1. The number of allylic oxidation sites excluding steroid dienone is 18. The molecule has 0 radical (unpaired) electrons. The normalized spacial score (nSPS) is 14.5. The van der Waals surface area contributed by atoms with Gasteiger partial charge in [0.2, 0.25) is 0 Å². The highest BCUT2D eigenvalue weighted by molar-refractivity contribution is 7.47. The summed E-state index contributed by atoms with van der Waals surface area (Å²) in [5.74, 6) is -2.22. The maximum Gasteiger partial charge on any atom is 0.472 e. The molecule has 0 saturated carbocycles. The first-order valence-electron chi connectivity index (χ1n) is 39.1. The lowest BCUT2D eigenvalue weighted by atomic mass is 10.1. The Morgan fingerprint density at radius 2 is 0.550 bits per heavy atom. The van der Waals surface area contributed by atoms with E-state index in [1.807, 2.05) is 0 Å². The molecular formula is C81H140O17P2. The van der Waals surface area contributed by atoms with Gasteiger partial charge >= 0.3 is 39.5 Å². The number of ether oxygens (including phenoxy) is 4. The molecule has 0 aliphatic rings. The maximum atomic E-state index is 13.1. The lowest BCUT2D eigenvalue weighted by molar-refractivity contribution is -0.161. The first-order valence-corrected chi connectivity index (χ1v) is 42.1. The van der Waals surface area contributed by atoms with E-state index in [4.69, 9.17) is 37.0 Å². The van der Waals surface area contributed by atoms with Crippen LogP contribution in [0.1, 0.15) is 323 Å². The second kappa shape index (κ2) is 73.0. The molecule has 0 heterocycles. The van der Waals surface area contributed by atoms with Gasteiger partial charge in [0.05, 0.1) is 26.4 Å². The van der Waals surface area contributed by atoms with E-state index in [1.165, 1.54) is 32.1 Å². The maximum absolute atomic E-state index is 13.1. The van der Waals surface area contributed by atoms with Gasteiger partial charge in [0.25, 0.3) is 0 Å². The van der Waals surface area contributed by atoms with Gasteiger partial charge in [-0.15, -0.1) is 0 Å². The van der Waals surface area contributed by atoms with Crippen LogP contribution in [-0.2, 0) is 65.4 Å². The van der Waals surface area contributed by atoms with Gasteiger partial charge in [0, 0.05) is 25.7 Å². The molecule has 0 bridgehead atoms. The summed E-state index contributed by atoms with van der Waals surface area (Å²) in [5, 5.41) is 10.6. The van der Waals surface area contributed by atoms with Gasteiger partial charge in [-0.05, 0) is 141 Å². The molecule has 0 aromatic heterocycles. The smallest absolute Gasteiger partial charge is 0.462 e. The van der Waals surface area contributed by atoms with Gasteiger partial charge in [0.15, 0.2) is 12.2 Å². The quantitative estimate of drug-likeness (QED) is 0.0169. The zero-order chi connectivity index (χ0) is 73.2. The molecule has 0 spiro atoms. The second-order valence-corrected chi connectivity index (χ2v) is 28.8. The molecule has 19 heteroatoms. The summed E-state index contributed by atoms with van der Waals surface area (Å²) in [7, 11) is -9.96. The van der Waals surface area contributed by atoms with Crippen molar-refractivity contribution in [2.75, 3.05) is 39.6 Å². The summed E-state index contributed by atoms with van der Waals surface area (Å²) >= 11 is 0. The summed E-state index contributed by atoms with van der Waals surface area (Å²) in [5.41, 5.74) is 0. The zero-order valence-electron chi connectivity index (χ0n) is 62.8. The van der Waals surface area contributed by atoms with E-state index in [9.17, 15) is 43.2 Å². The number of unbranched alkanes of at least 4 members (excludes halogenated alkanes) is 29. The van der Waals surface area contributed by atoms with E-state index < -0.39 is 97.5 Å². The molecule has 3 N–H and O–H groups in total. The molecule has 0 fully saturated rings. The summed E-state index contributed by atoms with van der Waals surface area (Å²) in [6.45, 7) is 4.60. The molecule has 0 aliphatic heterocycles. The second-order valence-electron chi connectivity index (χ2n) is 25.9. The molecule has 576 valence electrons. The van der Waals surface area contributed by atoms with Crippen molar-refractivity contribution in [3.05, 3.63) is 109 Å². The van der Waals surface area contributed by atoms with Crippen LogP contribution in [0.2, 0.25) is 0 Å². The molecule has 17 nitrogen and oxygen atoms in total. The number of carbonyl (C=O) groups is 4. The van der Waals surface area contributed by atoms with E-state index in [0.717, 1.165) is 212 Å². The molecule has 0 aliphatic carbocycles. The number of hydrogen-bond donors (Lipinski definition) is 3. The lowest BCUT2D eigenvalue weighted by Crippen LogP contribution is -2.30. The van der Waals surface area contributed by atoms with Crippen molar-refractivity contribution >= 4 is 39.5 Å². The van der Waals surface area contributed by atoms with Crippen LogP contribution < -0.4 is 0 Å². The van der Waals surface area contributed by atoms with Gasteiger partial charge in [0.1, 0.15) is 19.3 Å². The highest BCUT2D eigenvalue weighted by Crippen LogP contribution is 2.45. The van der Waals surface area contributed by atoms with Gasteiger partial charge in [-0.3, -0.25) is 37.3 Å². The average molecular weight is 1450 g/mol. The fraction of sp³-hybridized carbons (Fsp3) is 0.728. The van der Waals surface area contributed by atoms with Crippen LogP contribution >= 0.6 is 15.6 Å². The highest BCUT2D eigenvalue weighted by Gasteiger charge is 2.30. The molecular weight excluding hydrogens is 1310 g/mol. The lowest BCUT2D eigenvalue weighted by Gasteiger charge is -2.21. The Kier molecular flexibility index (Phi) is 69.9. The van der Waals surface area contributed by atoms with Crippen molar-refractivity contribution in [2.45, 2.75) is 341 Å². The van der Waals surface area contributed by atoms with E-state index >= 15 is 0 Å². The van der Waals surface area contributed by atoms with Crippen LogP contribution in [0.25, 0.3) is 0 Å². The third-order valence-electron chi connectivity index (χ3n) is 16.2. The predicted molar refractivity (Wildman–Crippen MR) is 408 cm³/mol. The molecule has 5 atom stereocenters. The number of hydrogen-bond acceptors (Lipinski definition) is 15. The van der Waals surface area contributed by atoms with Crippen molar-refractivity contribution < 1.29 is 80.2 Å². The van der Waals surface area contributed by atoms with Crippen molar-refractivity contribution in [3.63, 3.8) is 0 Å². The van der Waals surface area contributed by atoms with Crippen molar-refractivity contribution in [1.82, 2.24) is 0 Å². The summed E-state index contributed by atoms with van der Waals surface area (Å²) in [6.07, 6.45) is 77.9. The fourth-order valence-electron chi connectivity index (χ4n) is 10.2. The third kappa shape index (κ3) is 72.1. The minimum atomic E-state index is -4.98. The van der Waals surface area contributed by atoms with E-state index in [2.05, 4.69) is 137 Å². The van der Waals surface area contributed by atoms with Crippen LogP contribution in [-0.4, -0.2) is 96.7 Å². The largest absolute Gasteiger partial charge is 0.472 e. The monoisotopic (exact) mass is 1450 g/mol. The van der Waals surface area contributed by atoms with Crippen LogP contribution in [0.15, 0.2) is 109 Å². The van der Waals surface area contributed by atoms with Gasteiger partial charge in [-0.2, -0.15) is 0 Å². The predicted octanol–water partition coefficient (Wildman–Crippen LogP) is 22.6. The Morgan fingerprint density at radius 1 is 0.290 bits per heavy atom. The molecule has 5 unspecified atom stereocenters. The van der Waals surface area contributed by atoms with Gasteiger partial charge in [-0.25, -0.2) is 9.13 Å². The number of carbonyl (C=O) groups excluding carboxylic acids is 4. The number of rotatable bonds is 73. The Morgan fingerprint density at radius 3 is 0.880 bits per heavy atom. The summed E-state index contributed by atoms with van der Waals surface area (Å²) < 4.78 is 68.5. The first kappa shape index (κ1) is 95.7. The van der Waals surface area contributed by atoms with Crippen LogP contribution in [0.5, 0.6) is 0 Å². The molecule has 0 rings (SSSR count). The van der Waals surface area contributed by atoms with Gasteiger partial charge < -0.3 is 33.8 Å². The molecule has 0 amide bonds.